The third kappa shape index (κ3) is 2.51. The molecule has 0 N–H and O–H groups in total. The molecule has 1 aliphatic rings. The van der Waals surface area contributed by atoms with Crippen molar-refractivity contribution in [1.82, 2.24) is 0 Å². The summed E-state index contributed by atoms with van der Waals surface area (Å²) in [5.74, 6) is 1.87. The Hall–Kier alpha value is -1.22. The summed E-state index contributed by atoms with van der Waals surface area (Å²) in [5, 5.41) is 3.02. The number of benzene rings is 2. The highest BCUT2D eigenvalue weighted by atomic mass is 79.9. The van der Waals surface area contributed by atoms with Gasteiger partial charge in [0.2, 0.25) is 0 Å². The molecule has 2 nitrogen and oxygen atoms in total. The first-order valence-corrected chi connectivity index (χ1v) is 8.07. The third-order valence-electron chi connectivity index (χ3n) is 3.67. The maximum Gasteiger partial charge on any atom is 0.131 e. The average molecular weight is 334 g/mol. The van der Waals surface area contributed by atoms with Crippen molar-refractivity contribution in [2.45, 2.75) is 32.3 Å². The van der Waals surface area contributed by atoms with Gasteiger partial charge in [-0.1, -0.05) is 28.1 Å². The van der Waals surface area contributed by atoms with E-state index >= 15 is 0 Å². The van der Waals surface area contributed by atoms with Gasteiger partial charge in [-0.15, -0.1) is 0 Å². The van der Waals surface area contributed by atoms with Gasteiger partial charge in [0, 0.05) is 21.7 Å². The maximum atomic E-state index is 6.20. The van der Waals surface area contributed by atoms with E-state index in [9.17, 15) is 0 Å². The second-order valence-corrected chi connectivity index (χ2v) is 6.51. The second-order valence-electron chi connectivity index (χ2n) is 5.71. The van der Waals surface area contributed by atoms with Crippen LogP contribution in [0.25, 0.3) is 10.8 Å². The molecule has 0 bridgehead atoms. The topological polar surface area (TPSA) is 18.5 Å². The number of aryl methyl sites for hydroxylation is 1. The molecule has 105 valence electrons. The lowest BCUT2D eigenvalue weighted by Gasteiger charge is -2.33. The lowest BCUT2D eigenvalue weighted by molar-refractivity contribution is 0.0867. The van der Waals surface area contributed by atoms with Crippen molar-refractivity contribution in [3.63, 3.8) is 0 Å². The predicted molar refractivity (Wildman–Crippen MR) is 85.1 cm³/mol. The van der Waals surface area contributed by atoms with Gasteiger partial charge in [0.25, 0.3) is 0 Å². The molecule has 1 aliphatic heterocycles. The SMILES string of the molecule is CC1(C)CCc2[c]cc3c(OCCBr)cccc3c2O1. The number of hydrogen-bond acceptors (Lipinski definition) is 2. The summed E-state index contributed by atoms with van der Waals surface area (Å²) in [6.45, 7) is 4.93. The molecule has 3 heteroatoms. The van der Waals surface area contributed by atoms with Gasteiger partial charge < -0.3 is 9.47 Å². The van der Waals surface area contributed by atoms with E-state index in [1.807, 2.05) is 18.2 Å². The Kier molecular flexibility index (Phi) is 3.63. The first-order chi connectivity index (χ1) is 9.61. The van der Waals surface area contributed by atoms with Crippen molar-refractivity contribution in [3.8, 4) is 11.5 Å². The minimum Gasteiger partial charge on any atom is -0.492 e. The van der Waals surface area contributed by atoms with E-state index in [1.165, 1.54) is 5.56 Å². The van der Waals surface area contributed by atoms with E-state index in [-0.39, 0.29) is 5.60 Å². The number of fused-ring (bicyclic) bond motifs is 3. The Bertz CT molecular complexity index is 634. The molecule has 0 saturated carbocycles. The Balaban J connectivity index is 2.11. The molecule has 1 radical (unpaired) electrons. The number of halogens is 1. The number of hydrogen-bond donors (Lipinski definition) is 0. The van der Waals surface area contributed by atoms with Gasteiger partial charge >= 0.3 is 0 Å². The van der Waals surface area contributed by atoms with Gasteiger partial charge in [-0.05, 0) is 44.9 Å². The van der Waals surface area contributed by atoms with Gasteiger partial charge in [0.1, 0.15) is 17.1 Å². The minimum atomic E-state index is -0.109. The molecule has 0 spiro atoms. The molecule has 0 fully saturated rings. The van der Waals surface area contributed by atoms with Crippen LogP contribution >= 0.6 is 15.9 Å². The van der Waals surface area contributed by atoms with Crippen molar-refractivity contribution in [2.75, 3.05) is 11.9 Å². The predicted octanol–water partition coefficient (Wildman–Crippen LogP) is 4.52. The average Bonchev–Trinajstić information content (AvgIpc) is 2.44. The van der Waals surface area contributed by atoms with Gasteiger partial charge in [0.05, 0.1) is 6.61 Å². The van der Waals surface area contributed by atoms with E-state index in [2.05, 4.69) is 41.9 Å². The van der Waals surface area contributed by atoms with Crippen molar-refractivity contribution in [1.29, 1.82) is 0 Å². The van der Waals surface area contributed by atoms with Gasteiger partial charge in [0.15, 0.2) is 0 Å². The molecule has 0 saturated heterocycles. The van der Waals surface area contributed by atoms with Crippen LogP contribution in [0.2, 0.25) is 0 Å². The summed E-state index contributed by atoms with van der Waals surface area (Å²) >= 11 is 3.39. The van der Waals surface area contributed by atoms with E-state index in [4.69, 9.17) is 9.47 Å². The van der Waals surface area contributed by atoms with Crippen LogP contribution in [-0.4, -0.2) is 17.5 Å². The van der Waals surface area contributed by atoms with Crippen molar-refractivity contribution >= 4 is 26.7 Å². The third-order valence-corrected chi connectivity index (χ3v) is 3.99. The Morgan fingerprint density at radius 1 is 1.35 bits per heavy atom. The van der Waals surface area contributed by atoms with Crippen LogP contribution in [0, 0.1) is 6.07 Å². The number of alkyl halides is 1. The summed E-state index contributed by atoms with van der Waals surface area (Å²) < 4.78 is 12.0. The lowest BCUT2D eigenvalue weighted by Crippen LogP contribution is -2.32. The summed E-state index contributed by atoms with van der Waals surface area (Å²) in [6.07, 6.45) is 2.05. The molecule has 2 aromatic carbocycles. The summed E-state index contributed by atoms with van der Waals surface area (Å²) in [4.78, 5) is 0. The van der Waals surface area contributed by atoms with Crippen LogP contribution in [0.5, 0.6) is 11.5 Å². The summed E-state index contributed by atoms with van der Waals surface area (Å²) in [7, 11) is 0. The molecule has 1 heterocycles. The Morgan fingerprint density at radius 2 is 2.20 bits per heavy atom. The fourth-order valence-corrected chi connectivity index (χ4v) is 2.77. The molecule has 3 rings (SSSR count). The molecule has 20 heavy (non-hydrogen) atoms. The molecule has 0 aliphatic carbocycles. The lowest BCUT2D eigenvalue weighted by atomic mass is 9.92. The zero-order chi connectivity index (χ0) is 14.2. The highest BCUT2D eigenvalue weighted by molar-refractivity contribution is 9.09. The quantitative estimate of drug-likeness (QED) is 0.769. The van der Waals surface area contributed by atoms with Gasteiger partial charge in [-0.2, -0.15) is 0 Å². The molecule has 0 atom stereocenters. The van der Waals surface area contributed by atoms with Gasteiger partial charge in [-0.3, -0.25) is 0 Å². The fourth-order valence-electron chi connectivity index (χ4n) is 2.61. The van der Waals surface area contributed by atoms with Gasteiger partial charge in [-0.25, -0.2) is 0 Å². The monoisotopic (exact) mass is 333 g/mol. The van der Waals surface area contributed by atoms with Crippen molar-refractivity contribution in [2.24, 2.45) is 0 Å². The largest absolute Gasteiger partial charge is 0.492 e. The second kappa shape index (κ2) is 5.28. The number of rotatable bonds is 3. The highest BCUT2D eigenvalue weighted by Gasteiger charge is 2.28. The van der Waals surface area contributed by atoms with Crippen molar-refractivity contribution in [3.05, 3.63) is 35.9 Å². The van der Waals surface area contributed by atoms with Crippen LogP contribution in [-0.2, 0) is 6.42 Å². The molecular weight excluding hydrogens is 316 g/mol. The van der Waals surface area contributed by atoms with Crippen LogP contribution < -0.4 is 9.47 Å². The van der Waals surface area contributed by atoms with Crippen LogP contribution in [0.1, 0.15) is 25.8 Å². The summed E-state index contributed by atoms with van der Waals surface area (Å²) in [6, 6.07) is 11.5. The van der Waals surface area contributed by atoms with E-state index in [0.717, 1.165) is 40.4 Å². The Labute approximate surface area is 128 Å². The Morgan fingerprint density at radius 3 is 3.00 bits per heavy atom. The molecule has 0 amide bonds. The molecule has 0 unspecified atom stereocenters. The normalized spacial score (nSPS) is 16.6. The van der Waals surface area contributed by atoms with E-state index in [1.54, 1.807) is 0 Å². The first kappa shape index (κ1) is 13.7. The zero-order valence-corrected chi connectivity index (χ0v) is 13.4. The van der Waals surface area contributed by atoms with Crippen LogP contribution in [0.3, 0.4) is 0 Å². The minimum absolute atomic E-state index is 0.109. The zero-order valence-electron chi connectivity index (χ0n) is 11.8. The molecule has 2 aromatic rings. The highest BCUT2D eigenvalue weighted by Crippen LogP contribution is 2.40. The molecular formula is C17H18BrO2. The van der Waals surface area contributed by atoms with Crippen molar-refractivity contribution < 1.29 is 9.47 Å². The number of ether oxygens (including phenoxy) is 2. The maximum absolute atomic E-state index is 6.20. The summed E-state index contributed by atoms with van der Waals surface area (Å²) in [5.41, 5.74) is 1.07. The van der Waals surface area contributed by atoms with Crippen LogP contribution in [0.4, 0.5) is 0 Å². The van der Waals surface area contributed by atoms with E-state index in [0.29, 0.717) is 6.61 Å². The smallest absolute Gasteiger partial charge is 0.131 e. The van der Waals surface area contributed by atoms with E-state index < -0.39 is 0 Å². The van der Waals surface area contributed by atoms with Crippen LogP contribution in [0.15, 0.2) is 24.3 Å². The molecule has 0 aromatic heterocycles. The first-order valence-electron chi connectivity index (χ1n) is 6.95. The standard InChI is InChI=1S/C17H18BrO2/c1-17(2)9-8-12-6-7-13-14(16(12)20-17)4-3-5-15(13)19-11-10-18/h3-5,7H,8-11H2,1-2H3. The fraction of sp³-hybridized carbons (Fsp3) is 0.412.